The van der Waals surface area contributed by atoms with Gasteiger partial charge >= 0.3 is 0 Å². The average molecular weight is 307 g/mol. The summed E-state index contributed by atoms with van der Waals surface area (Å²) < 4.78 is 29.3. The Hall–Kier alpha value is 0.160. The molecule has 0 spiro atoms. The van der Waals surface area contributed by atoms with Gasteiger partial charge in [-0.25, -0.2) is 0 Å². The molecule has 1 saturated heterocycles. The van der Waals surface area contributed by atoms with Gasteiger partial charge in [0.25, 0.3) is 10.2 Å². The summed E-state index contributed by atoms with van der Waals surface area (Å²) in [6.45, 7) is 1.38. The molecule has 0 bridgehead atoms. The van der Waals surface area contributed by atoms with Crippen molar-refractivity contribution in [2.45, 2.75) is 57.0 Å². The highest BCUT2D eigenvalue weighted by molar-refractivity contribution is 7.86. The van der Waals surface area contributed by atoms with Crippen molar-refractivity contribution >= 4 is 21.8 Å². The first-order valence-corrected chi connectivity index (χ1v) is 9.40. The molecule has 2 saturated carbocycles. The van der Waals surface area contributed by atoms with Crippen molar-refractivity contribution in [3.8, 4) is 0 Å². The van der Waals surface area contributed by atoms with E-state index < -0.39 is 10.2 Å². The lowest BCUT2D eigenvalue weighted by Gasteiger charge is -2.37. The van der Waals surface area contributed by atoms with E-state index in [1.54, 1.807) is 8.61 Å². The number of rotatable bonds is 6. The van der Waals surface area contributed by atoms with Crippen LogP contribution in [0.25, 0.3) is 0 Å². The summed E-state index contributed by atoms with van der Waals surface area (Å²) in [5.41, 5.74) is 0. The lowest BCUT2D eigenvalue weighted by molar-refractivity contribution is 0.242. The smallest absolute Gasteiger partial charge is 0.195 e. The minimum absolute atomic E-state index is 0.000805. The predicted octanol–water partition coefficient (Wildman–Crippen LogP) is 2.20. The van der Waals surface area contributed by atoms with E-state index in [1.807, 2.05) is 0 Å². The van der Waals surface area contributed by atoms with Gasteiger partial charge in [0.1, 0.15) is 0 Å². The average Bonchev–Trinajstić information content (AvgIpc) is 3.28. The van der Waals surface area contributed by atoms with Crippen molar-refractivity contribution in [2.75, 3.05) is 19.0 Å². The summed E-state index contributed by atoms with van der Waals surface area (Å²) in [6, 6.07) is 0.268. The molecule has 1 heterocycles. The normalized spacial score (nSPS) is 29.9. The molecule has 19 heavy (non-hydrogen) atoms. The highest BCUT2D eigenvalue weighted by atomic mass is 35.5. The Labute approximate surface area is 121 Å². The SMILES string of the molecule is O=S(=O)(N1CCCCC1CCl)N(CC1CC1)C1CC1. The second-order valence-electron chi connectivity index (χ2n) is 6.17. The predicted molar refractivity (Wildman–Crippen MR) is 76.4 cm³/mol. The van der Waals surface area contributed by atoms with Gasteiger partial charge in [0, 0.05) is 31.1 Å². The highest BCUT2D eigenvalue weighted by Crippen LogP contribution is 2.38. The van der Waals surface area contributed by atoms with Crippen LogP contribution in [0.4, 0.5) is 0 Å². The molecule has 2 aliphatic carbocycles. The fourth-order valence-electron chi connectivity index (χ4n) is 2.92. The van der Waals surface area contributed by atoms with Crippen molar-refractivity contribution in [3.63, 3.8) is 0 Å². The third kappa shape index (κ3) is 3.09. The third-order valence-corrected chi connectivity index (χ3v) is 6.90. The van der Waals surface area contributed by atoms with Crippen LogP contribution in [0, 0.1) is 5.92 Å². The number of piperidine rings is 1. The van der Waals surface area contributed by atoms with Gasteiger partial charge in [0.2, 0.25) is 0 Å². The van der Waals surface area contributed by atoms with Crippen molar-refractivity contribution in [1.29, 1.82) is 0 Å². The number of hydrogen-bond acceptors (Lipinski definition) is 2. The molecule has 0 amide bonds. The molecule has 3 aliphatic rings. The Morgan fingerprint density at radius 2 is 1.84 bits per heavy atom. The fraction of sp³-hybridized carbons (Fsp3) is 1.00. The summed E-state index contributed by atoms with van der Waals surface area (Å²) in [6.07, 6.45) is 7.42. The summed E-state index contributed by atoms with van der Waals surface area (Å²) >= 11 is 5.97. The molecule has 3 fully saturated rings. The van der Waals surface area contributed by atoms with Crippen LogP contribution < -0.4 is 0 Å². The van der Waals surface area contributed by atoms with Crippen molar-refractivity contribution in [3.05, 3.63) is 0 Å². The van der Waals surface area contributed by atoms with Crippen LogP contribution in [0.5, 0.6) is 0 Å². The first-order chi connectivity index (χ1) is 9.13. The van der Waals surface area contributed by atoms with Crippen LogP contribution in [0.15, 0.2) is 0 Å². The molecule has 3 rings (SSSR count). The molecule has 6 heteroatoms. The van der Waals surface area contributed by atoms with Crippen LogP contribution in [0.3, 0.4) is 0 Å². The third-order valence-electron chi connectivity index (χ3n) is 4.43. The van der Waals surface area contributed by atoms with Gasteiger partial charge in [-0.3, -0.25) is 0 Å². The van der Waals surface area contributed by atoms with Gasteiger partial charge in [-0.05, 0) is 44.4 Å². The van der Waals surface area contributed by atoms with Crippen LogP contribution in [0.2, 0.25) is 0 Å². The lowest BCUT2D eigenvalue weighted by atomic mass is 10.1. The molecule has 0 aromatic rings. The minimum atomic E-state index is -3.30. The Balaban J connectivity index is 1.77. The van der Waals surface area contributed by atoms with Crippen molar-refractivity contribution in [2.24, 2.45) is 5.92 Å². The Morgan fingerprint density at radius 3 is 2.42 bits per heavy atom. The summed E-state index contributed by atoms with van der Waals surface area (Å²) in [7, 11) is -3.30. The van der Waals surface area contributed by atoms with Crippen LogP contribution in [-0.2, 0) is 10.2 Å². The molecular formula is C13H23ClN2O2S. The van der Waals surface area contributed by atoms with E-state index in [2.05, 4.69) is 0 Å². The van der Waals surface area contributed by atoms with Crippen molar-refractivity contribution in [1.82, 2.24) is 8.61 Å². The van der Waals surface area contributed by atoms with Gasteiger partial charge in [-0.15, -0.1) is 11.6 Å². The second-order valence-corrected chi connectivity index (χ2v) is 8.31. The molecule has 1 unspecified atom stereocenters. The molecular weight excluding hydrogens is 284 g/mol. The molecule has 110 valence electrons. The van der Waals surface area contributed by atoms with E-state index in [0.29, 0.717) is 18.3 Å². The summed E-state index contributed by atoms with van der Waals surface area (Å²) in [4.78, 5) is 0. The quantitative estimate of drug-likeness (QED) is 0.706. The van der Waals surface area contributed by atoms with Crippen LogP contribution in [0.1, 0.15) is 44.9 Å². The Kier molecular flexibility index (Phi) is 4.09. The zero-order chi connectivity index (χ0) is 13.5. The van der Waals surface area contributed by atoms with Gasteiger partial charge in [-0.2, -0.15) is 17.0 Å². The first-order valence-electron chi connectivity index (χ1n) is 7.47. The maximum absolute atomic E-state index is 12.9. The molecule has 0 N–H and O–H groups in total. The van der Waals surface area contributed by atoms with Gasteiger partial charge in [0.05, 0.1) is 0 Å². The maximum Gasteiger partial charge on any atom is 0.282 e. The number of alkyl halides is 1. The zero-order valence-corrected chi connectivity index (χ0v) is 12.9. The van der Waals surface area contributed by atoms with Gasteiger partial charge < -0.3 is 0 Å². The number of nitrogens with zero attached hydrogens (tertiary/aromatic N) is 2. The number of hydrogen-bond donors (Lipinski definition) is 0. The lowest BCUT2D eigenvalue weighted by Crippen LogP contribution is -2.52. The highest BCUT2D eigenvalue weighted by Gasteiger charge is 2.44. The Morgan fingerprint density at radius 1 is 1.11 bits per heavy atom. The van der Waals surface area contributed by atoms with Crippen LogP contribution >= 0.6 is 11.6 Å². The first kappa shape index (κ1) is 14.1. The molecule has 0 aromatic heterocycles. The minimum Gasteiger partial charge on any atom is -0.195 e. The number of halogens is 1. The standard InChI is InChI=1S/C13H23ClN2O2S/c14-9-13-3-1-2-8-15(13)19(17,18)16(12-6-7-12)10-11-4-5-11/h11-13H,1-10H2. The topological polar surface area (TPSA) is 40.6 Å². The molecule has 0 radical (unpaired) electrons. The van der Waals surface area contributed by atoms with E-state index in [4.69, 9.17) is 11.6 Å². The largest absolute Gasteiger partial charge is 0.282 e. The second kappa shape index (κ2) is 5.51. The summed E-state index contributed by atoms with van der Waals surface area (Å²) in [5, 5.41) is 0. The molecule has 1 aliphatic heterocycles. The summed E-state index contributed by atoms with van der Waals surface area (Å²) in [5.74, 6) is 1.02. The fourth-order valence-corrected chi connectivity index (χ4v) is 5.49. The molecule has 1 atom stereocenters. The Bertz CT molecular complexity index is 412. The van der Waals surface area contributed by atoms with E-state index in [0.717, 1.165) is 38.6 Å². The van der Waals surface area contributed by atoms with E-state index in [9.17, 15) is 8.42 Å². The monoisotopic (exact) mass is 306 g/mol. The molecule has 4 nitrogen and oxygen atoms in total. The van der Waals surface area contributed by atoms with Crippen LogP contribution in [-0.4, -0.2) is 48.1 Å². The maximum atomic E-state index is 12.9. The van der Waals surface area contributed by atoms with E-state index >= 15 is 0 Å². The molecule has 0 aromatic carbocycles. The van der Waals surface area contributed by atoms with E-state index in [1.165, 1.54) is 12.8 Å². The van der Waals surface area contributed by atoms with Crippen molar-refractivity contribution < 1.29 is 8.42 Å². The zero-order valence-electron chi connectivity index (χ0n) is 11.3. The van der Waals surface area contributed by atoms with Gasteiger partial charge in [0.15, 0.2) is 0 Å². The van der Waals surface area contributed by atoms with E-state index in [-0.39, 0.29) is 12.1 Å². The van der Waals surface area contributed by atoms with Gasteiger partial charge in [-0.1, -0.05) is 6.42 Å².